The van der Waals surface area contributed by atoms with Gasteiger partial charge in [0, 0.05) is 51.3 Å². The summed E-state index contributed by atoms with van der Waals surface area (Å²) >= 11 is 0. The van der Waals surface area contributed by atoms with Gasteiger partial charge in [0.05, 0.1) is 10.9 Å². The highest BCUT2D eigenvalue weighted by Gasteiger charge is 2.44. The summed E-state index contributed by atoms with van der Waals surface area (Å²) in [5.41, 5.74) is 0.323. The van der Waals surface area contributed by atoms with Gasteiger partial charge in [-0.3, -0.25) is 9.69 Å². The molecule has 0 aromatic carbocycles. The van der Waals surface area contributed by atoms with Crippen LogP contribution in [0.3, 0.4) is 0 Å². The maximum Gasteiger partial charge on any atom is 0.287 e. The van der Waals surface area contributed by atoms with Crippen molar-refractivity contribution in [2.45, 2.75) is 45.2 Å². The number of rotatable bonds is 5. The van der Waals surface area contributed by atoms with E-state index in [2.05, 4.69) is 32.0 Å². The summed E-state index contributed by atoms with van der Waals surface area (Å²) in [5, 5.41) is 8.26. The number of aromatic nitrogens is 4. The van der Waals surface area contributed by atoms with E-state index < -0.39 is 5.92 Å². The van der Waals surface area contributed by atoms with E-state index in [1.165, 1.54) is 19.4 Å². The van der Waals surface area contributed by atoms with Gasteiger partial charge in [0.2, 0.25) is 5.91 Å². The molecule has 3 aromatic rings. The number of piperazine rings is 1. The first-order valence-corrected chi connectivity index (χ1v) is 10.8. The lowest BCUT2D eigenvalue weighted by atomic mass is 9.87. The highest BCUT2D eigenvalue weighted by atomic mass is 19.3. The summed E-state index contributed by atoms with van der Waals surface area (Å²) in [6.07, 6.45) is 2.86. The van der Waals surface area contributed by atoms with E-state index in [1.54, 1.807) is 29.1 Å². The monoisotopic (exact) mass is 441 g/mol. The third-order valence-electron chi connectivity index (χ3n) is 6.26. The molecule has 6 heterocycles. The van der Waals surface area contributed by atoms with Crippen LogP contribution in [0.5, 0.6) is 0 Å². The summed E-state index contributed by atoms with van der Waals surface area (Å²) in [6.45, 7) is 7.14. The quantitative estimate of drug-likeness (QED) is 0.655. The molecule has 0 aliphatic carbocycles. The van der Waals surface area contributed by atoms with E-state index in [4.69, 9.17) is 5.10 Å². The molecule has 3 aliphatic heterocycles. The van der Waals surface area contributed by atoms with Crippen LogP contribution in [-0.4, -0.2) is 62.3 Å². The lowest BCUT2D eigenvalue weighted by molar-refractivity contribution is -0.114. The first kappa shape index (κ1) is 20.7. The maximum absolute atomic E-state index is 13.9. The molecule has 2 unspecified atom stereocenters. The van der Waals surface area contributed by atoms with Gasteiger partial charge < -0.3 is 10.2 Å². The number of carbonyl (C=O) groups excluding carboxylic acids is 1. The summed E-state index contributed by atoms with van der Waals surface area (Å²) < 4.78 is 29.4. The Morgan fingerprint density at radius 1 is 1.28 bits per heavy atom. The van der Waals surface area contributed by atoms with Gasteiger partial charge in [-0.15, -0.1) is 5.10 Å². The number of anilines is 2. The van der Waals surface area contributed by atoms with Gasteiger partial charge in [0.1, 0.15) is 11.5 Å². The molecule has 2 atom stereocenters. The molecule has 3 aromatic heterocycles. The second-order valence-electron chi connectivity index (χ2n) is 8.55. The topological polar surface area (TPSA) is 79.2 Å². The van der Waals surface area contributed by atoms with Crippen LogP contribution in [0, 0.1) is 0 Å². The van der Waals surface area contributed by atoms with Gasteiger partial charge in [0.15, 0.2) is 11.6 Å². The lowest BCUT2D eigenvalue weighted by Crippen LogP contribution is -2.68. The van der Waals surface area contributed by atoms with Crippen LogP contribution in [0.1, 0.15) is 32.9 Å². The van der Waals surface area contributed by atoms with Crippen molar-refractivity contribution in [1.82, 2.24) is 24.6 Å². The molecule has 6 rings (SSSR count). The van der Waals surface area contributed by atoms with Crippen molar-refractivity contribution in [3.05, 3.63) is 36.2 Å². The van der Waals surface area contributed by atoms with Gasteiger partial charge in [-0.25, -0.2) is 14.6 Å². The van der Waals surface area contributed by atoms with E-state index in [0.717, 1.165) is 37.8 Å². The molecule has 0 saturated carbocycles. The first-order chi connectivity index (χ1) is 15.2. The van der Waals surface area contributed by atoms with E-state index in [-0.39, 0.29) is 17.4 Å². The van der Waals surface area contributed by atoms with Crippen molar-refractivity contribution in [1.29, 1.82) is 0 Å². The normalized spacial score (nSPS) is 21.0. The number of hydrogen-bond acceptors (Lipinski definition) is 6. The summed E-state index contributed by atoms with van der Waals surface area (Å²) in [6, 6.07) is 7.19. The smallest absolute Gasteiger partial charge is 0.287 e. The molecule has 8 nitrogen and oxygen atoms in total. The van der Waals surface area contributed by atoms with Crippen LogP contribution in [0.4, 0.5) is 20.4 Å². The van der Waals surface area contributed by atoms with Crippen LogP contribution < -0.4 is 10.2 Å². The Morgan fingerprint density at radius 2 is 2.03 bits per heavy atom. The molecule has 32 heavy (non-hydrogen) atoms. The Bertz CT molecular complexity index is 1180. The summed E-state index contributed by atoms with van der Waals surface area (Å²) in [5.74, 6) is -1.90. The molecule has 2 bridgehead atoms. The second-order valence-corrected chi connectivity index (χ2v) is 8.55. The molecular formula is C22H25F2N7O. The molecule has 10 heteroatoms. The second kappa shape index (κ2) is 7.47. The zero-order chi connectivity index (χ0) is 22.6. The van der Waals surface area contributed by atoms with Crippen molar-refractivity contribution >= 4 is 28.4 Å². The Balaban J connectivity index is 1.61. The molecule has 3 aliphatic rings. The van der Waals surface area contributed by atoms with Gasteiger partial charge in [-0.05, 0) is 25.1 Å². The zero-order valence-electron chi connectivity index (χ0n) is 18.2. The number of hydrogen-bond donors (Lipinski definition) is 1. The molecule has 3 fully saturated rings. The molecule has 0 spiro atoms. The lowest BCUT2D eigenvalue weighted by Gasteiger charge is -2.56. The van der Waals surface area contributed by atoms with Crippen LogP contribution in [0.2, 0.25) is 0 Å². The minimum Gasteiger partial charge on any atom is -0.351 e. The largest absolute Gasteiger partial charge is 0.351 e. The summed E-state index contributed by atoms with van der Waals surface area (Å²) in [7, 11) is 0. The first-order valence-electron chi connectivity index (χ1n) is 10.8. The number of amides is 1. The zero-order valence-corrected chi connectivity index (χ0v) is 18.2. The third kappa shape index (κ3) is 3.48. The predicted molar refractivity (Wildman–Crippen MR) is 117 cm³/mol. The van der Waals surface area contributed by atoms with Gasteiger partial charge >= 0.3 is 0 Å². The number of alkyl halides is 2. The van der Waals surface area contributed by atoms with Crippen molar-refractivity contribution < 1.29 is 13.6 Å². The molecule has 0 radical (unpaired) electrons. The number of piperidine rings is 1. The highest BCUT2D eigenvalue weighted by Crippen LogP contribution is 2.37. The standard InChI is InChI=1S/C22H25F2N7O/c1-4-30-14-8-15(30)12-29(11-14)21-16-10-25-19(26-13(2)32)9-17(16)31(28-21)20-7-5-6-18(27-20)22(3,23)24/h5-7,9-10,14-15H,4,8,11-12H2,1-3H3,(H,25,26,32). The number of likely N-dealkylation sites (N-methyl/N-ethyl adjacent to an activating group) is 1. The molecule has 3 saturated heterocycles. The van der Waals surface area contributed by atoms with Gasteiger partial charge in [0.25, 0.3) is 5.92 Å². The maximum atomic E-state index is 13.9. The SMILES string of the molecule is CCN1C2CC1CN(c1nn(-c3cccc(C(C)(F)F)n3)c3cc(NC(C)=O)ncc13)C2. The molecule has 168 valence electrons. The number of halogens is 2. The van der Waals surface area contributed by atoms with E-state index in [0.29, 0.717) is 23.4 Å². The number of fused-ring (bicyclic) bond motifs is 3. The fourth-order valence-electron chi connectivity index (χ4n) is 4.81. The third-order valence-corrected chi connectivity index (χ3v) is 6.26. The van der Waals surface area contributed by atoms with Gasteiger partial charge in [-0.1, -0.05) is 13.0 Å². The van der Waals surface area contributed by atoms with Crippen LogP contribution >= 0.6 is 0 Å². The summed E-state index contributed by atoms with van der Waals surface area (Å²) in [4.78, 5) is 24.8. The van der Waals surface area contributed by atoms with E-state index in [9.17, 15) is 13.6 Å². The minimum absolute atomic E-state index is 0.246. The van der Waals surface area contributed by atoms with Crippen molar-refractivity contribution in [3.63, 3.8) is 0 Å². The number of carbonyl (C=O) groups is 1. The Labute approximate surface area is 184 Å². The fraction of sp³-hybridized carbons (Fsp3) is 0.455. The van der Waals surface area contributed by atoms with Crippen LogP contribution in [0.25, 0.3) is 16.7 Å². The average molecular weight is 441 g/mol. The van der Waals surface area contributed by atoms with E-state index >= 15 is 0 Å². The van der Waals surface area contributed by atoms with Crippen molar-refractivity contribution in [2.24, 2.45) is 0 Å². The number of nitrogens with zero attached hydrogens (tertiary/aromatic N) is 6. The average Bonchev–Trinajstić information content (AvgIpc) is 3.12. The minimum atomic E-state index is -3.07. The van der Waals surface area contributed by atoms with Crippen molar-refractivity contribution in [2.75, 3.05) is 29.9 Å². The Kier molecular flexibility index (Phi) is 4.85. The Hall–Kier alpha value is -3.14. The van der Waals surface area contributed by atoms with E-state index in [1.807, 2.05) is 0 Å². The molecule has 1 N–H and O–H groups in total. The predicted octanol–water partition coefficient (Wildman–Crippen LogP) is 3.17. The Morgan fingerprint density at radius 3 is 2.69 bits per heavy atom. The number of nitrogens with one attached hydrogen (secondary N) is 1. The number of pyridine rings is 2. The van der Waals surface area contributed by atoms with Crippen molar-refractivity contribution in [3.8, 4) is 5.82 Å². The fourth-order valence-corrected chi connectivity index (χ4v) is 4.81. The van der Waals surface area contributed by atoms with Crippen LogP contribution in [-0.2, 0) is 10.7 Å². The highest BCUT2D eigenvalue weighted by molar-refractivity contribution is 5.95. The van der Waals surface area contributed by atoms with Crippen LogP contribution in [0.15, 0.2) is 30.5 Å². The van der Waals surface area contributed by atoms with Gasteiger partial charge in [-0.2, -0.15) is 8.78 Å². The molecule has 1 amide bonds. The molecular weight excluding hydrogens is 416 g/mol.